The Balaban J connectivity index is 1.74. The summed E-state index contributed by atoms with van der Waals surface area (Å²) >= 11 is 0. The van der Waals surface area contributed by atoms with Crippen LogP contribution in [0.15, 0.2) is 41.4 Å². The Bertz CT molecular complexity index is 1510. The van der Waals surface area contributed by atoms with Crippen molar-refractivity contribution in [3.8, 4) is 5.75 Å². The smallest absolute Gasteiger partial charge is 0.274 e. The second kappa shape index (κ2) is 8.77. The molecule has 11 nitrogen and oxygen atoms in total. The molecule has 1 amide bonds. The van der Waals surface area contributed by atoms with E-state index in [0.29, 0.717) is 12.8 Å². The van der Waals surface area contributed by atoms with E-state index < -0.39 is 48.1 Å². The van der Waals surface area contributed by atoms with Gasteiger partial charge in [0.05, 0.1) is 10.6 Å². The van der Waals surface area contributed by atoms with Crippen molar-refractivity contribution in [2.75, 3.05) is 16.6 Å². The highest BCUT2D eigenvalue weighted by Crippen LogP contribution is 2.35. The first-order valence-electron chi connectivity index (χ1n) is 10.1. The molecule has 0 unspecified atom stereocenters. The Kier molecular flexibility index (Phi) is 6.14. The van der Waals surface area contributed by atoms with Crippen molar-refractivity contribution >= 4 is 42.7 Å². The molecular weight excluding hydrogens is 489 g/mol. The Morgan fingerprint density at radius 1 is 1.26 bits per heavy atom. The molecule has 0 saturated carbocycles. The van der Waals surface area contributed by atoms with E-state index in [1.54, 1.807) is 6.07 Å². The molecule has 180 valence electrons. The van der Waals surface area contributed by atoms with Crippen LogP contribution < -0.4 is 14.8 Å². The van der Waals surface area contributed by atoms with Gasteiger partial charge in [0.15, 0.2) is 17.3 Å². The molecule has 0 atom stereocenters. The van der Waals surface area contributed by atoms with Crippen LogP contribution in [0.2, 0.25) is 0 Å². The first-order valence-corrected chi connectivity index (χ1v) is 13.2. The standard InChI is InChI=1S/C20H20FN5O6S2/c21-13-6-5-12(15(10-13)34(22,31)32)11-24-20(28)17-18(27)16-14(4-3-7-23-16)19(25-17)26-8-1-2-9-33(26,29)30/h3-7,10,27H,1-2,8-9,11H2,(H,24,28)(H2,22,31,32). The third-order valence-corrected chi connectivity index (χ3v) is 8.12. The molecule has 4 rings (SSSR count). The van der Waals surface area contributed by atoms with Gasteiger partial charge in [0.1, 0.15) is 11.3 Å². The Hall–Kier alpha value is -3.36. The van der Waals surface area contributed by atoms with E-state index in [-0.39, 0.29) is 41.1 Å². The number of aromatic nitrogens is 2. The zero-order valence-electron chi connectivity index (χ0n) is 17.6. The lowest BCUT2D eigenvalue weighted by molar-refractivity contribution is 0.0943. The fourth-order valence-electron chi connectivity index (χ4n) is 3.68. The minimum Gasteiger partial charge on any atom is -0.504 e. The highest BCUT2D eigenvalue weighted by Gasteiger charge is 2.31. The molecule has 1 saturated heterocycles. The van der Waals surface area contributed by atoms with Crippen molar-refractivity contribution in [2.45, 2.75) is 24.3 Å². The lowest BCUT2D eigenvalue weighted by atomic mass is 10.1. The number of halogens is 1. The number of carbonyl (C=O) groups is 1. The van der Waals surface area contributed by atoms with Gasteiger partial charge in [0, 0.05) is 24.7 Å². The van der Waals surface area contributed by atoms with Gasteiger partial charge in [-0.15, -0.1) is 0 Å². The maximum absolute atomic E-state index is 13.5. The van der Waals surface area contributed by atoms with Crippen LogP contribution in [0.5, 0.6) is 5.75 Å². The largest absolute Gasteiger partial charge is 0.504 e. The van der Waals surface area contributed by atoms with E-state index in [4.69, 9.17) is 5.14 Å². The summed E-state index contributed by atoms with van der Waals surface area (Å²) in [5.41, 5.74) is -0.513. The Labute approximate surface area is 194 Å². The van der Waals surface area contributed by atoms with Gasteiger partial charge in [-0.2, -0.15) is 0 Å². The van der Waals surface area contributed by atoms with E-state index in [0.717, 1.165) is 22.5 Å². The normalized spacial score (nSPS) is 15.9. The summed E-state index contributed by atoms with van der Waals surface area (Å²) < 4.78 is 63.5. The molecule has 0 aliphatic carbocycles. The van der Waals surface area contributed by atoms with Crippen LogP contribution in [-0.4, -0.2) is 50.1 Å². The molecule has 0 radical (unpaired) electrons. The maximum Gasteiger partial charge on any atom is 0.274 e. The molecule has 0 spiro atoms. The lowest BCUT2D eigenvalue weighted by Gasteiger charge is -2.28. The van der Waals surface area contributed by atoms with E-state index in [1.807, 2.05) is 0 Å². The number of rotatable bonds is 5. The maximum atomic E-state index is 13.5. The van der Waals surface area contributed by atoms with Crippen LogP contribution in [-0.2, 0) is 26.6 Å². The van der Waals surface area contributed by atoms with E-state index in [1.165, 1.54) is 12.3 Å². The third-order valence-electron chi connectivity index (χ3n) is 5.29. The first-order chi connectivity index (χ1) is 16.0. The minimum absolute atomic E-state index is 0.00878. The number of primary sulfonamides is 1. The number of nitrogens with zero attached hydrogens (tertiary/aromatic N) is 3. The SMILES string of the molecule is NS(=O)(=O)c1cc(F)ccc1CNC(=O)c1nc(N2CCCCS2(=O)=O)c2cccnc2c1O. The van der Waals surface area contributed by atoms with Crippen LogP contribution in [0.3, 0.4) is 0 Å². The average Bonchev–Trinajstić information content (AvgIpc) is 2.78. The van der Waals surface area contributed by atoms with Crippen molar-refractivity contribution in [2.24, 2.45) is 5.14 Å². The number of aromatic hydroxyl groups is 1. The van der Waals surface area contributed by atoms with E-state index in [9.17, 15) is 31.1 Å². The number of nitrogens with two attached hydrogens (primary N) is 1. The lowest BCUT2D eigenvalue weighted by Crippen LogP contribution is -2.39. The van der Waals surface area contributed by atoms with Gasteiger partial charge >= 0.3 is 0 Å². The quantitative estimate of drug-likeness (QED) is 0.456. The molecule has 2 aromatic heterocycles. The van der Waals surface area contributed by atoms with E-state index in [2.05, 4.69) is 15.3 Å². The number of sulfonamides is 2. The minimum atomic E-state index is -4.28. The molecule has 0 bridgehead atoms. The Morgan fingerprint density at radius 2 is 2.03 bits per heavy atom. The predicted octanol–water partition coefficient (Wildman–Crippen LogP) is 0.982. The number of amides is 1. The summed E-state index contributed by atoms with van der Waals surface area (Å²) in [6.45, 7) is -0.234. The van der Waals surface area contributed by atoms with Crippen LogP contribution in [0, 0.1) is 5.82 Å². The first kappa shape index (κ1) is 23.8. The van der Waals surface area contributed by atoms with Crippen LogP contribution in [0.1, 0.15) is 28.9 Å². The fraction of sp³-hybridized carbons (Fsp3) is 0.250. The fourth-order valence-corrected chi connectivity index (χ4v) is 6.06. The van der Waals surface area contributed by atoms with E-state index >= 15 is 0 Å². The van der Waals surface area contributed by atoms with Gasteiger partial charge in [-0.3, -0.25) is 14.1 Å². The van der Waals surface area contributed by atoms with Gasteiger partial charge in [-0.25, -0.2) is 31.3 Å². The zero-order valence-corrected chi connectivity index (χ0v) is 19.2. The number of anilines is 1. The summed E-state index contributed by atoms with van der Waals surface area (Å²) in [6.07, 6.45) is 2.45. The van der Waals surface area contributed by atoms with Gasteiger partial charge in [0.25, 0.3) is 5.91 Å². The number of benzene rings is 1. The average molecular weight is 510 g/mol. The molecule has 1 aliphatic rings. The second-order valence-electron chi connectivity index (χ2n) is 7.61. The van der Waals surface area contributed by atoms with Gasteiger partial charge in [0.2, 0.25) is 20.0 Å². The zero-order chi connectivity index (χ0) is 24.7. The summed E-state index contributed by atoms with van der Waals surface area (Å²) in [5.74, 6) is -2.45. The molecular formula is C20H20FN5O6S2. The number of hydrogen-bond donors (Lipinski definition) is 3. The summed E-state index contributed by atoms with van der Waals surface area (Å²) in [7, 11) is -7.97. The van der Waals surface area contributed by atoms with Gasteiger partial charge in [-0.1, -0.05) is 6.07 Å². The summed E-state index contributed by atoms with van der Waals surface area (Å²) in [4.78, 5) is 20.6. The van der Waals surface area contributed by atoms with Crippen molar-refractivity contribution in [1.82, 2.24) is 15.3 Å². The van der Waals surface area contributed by atoms with Crippen LogP contribution in [0.4, 0.5) is 10.2 Å². The summed E-state index contributed by atoms with van der Waals surface area (Å²) in [6, 6.07) is 5.97. The van der Waals surface area contributed by atoms with Gasteiger partial charge in [-0.05, 0) is 42.7 Å². The van der Waals surface area contributed by atoms with Crippen molar-refractivity contribution in [3.05, 3.63) is 53.6 Å². The molecule has 1 fully saturated rings. The van der Waals surface area contributed by atoms with Crippen LogP contribution in [0.25, 0.3) is 10.9 Å². The molecule has 4 N–H and O–H groups in total. The predicted molar refractivity (Wildman–Crippen MR) is 121 cm³/mol. The number of fused-ring (bicyclic) bond motifs is 1. The monoisotopic (exact) mass is 509 g/mol. The number of carbonyl (C=O) groups excluding carboxylic acids is 1. The highest BCUT2D eigenvalue weighted by molar-refractivity contribution is 7.92. The molecule has 1 aromatic carbocycles. The molecule has 34 heavy (non-hydrogen) atoms. The number of hydrogen-bond acceptors (Lipinski definition) is 8. The molecule has 3 aromatic rings. The number of nitrogens with one attached hydrogen (secondary N) is 1. The molecule has 3 heterocycles. The van der Waals surface area contributed by atoms with Crippen LogP contribution >= 0.6 is 0 Å². The summed E-state index contributed by atoms with van der Waals surface area (Å²) in [5, 5.41) is 18.5. The topological polar surface area (TPSA) is 173 Å². The Morgan fingerprint density at radius 3 is 2.74 bits per heavy atom. The number of pyridine rings is 2. The van der Waals surface area contributed by atoms with Crippen molar-refractivity contribution in [3.63, 3.8) is 0 Å². The molecule has 14 heteroatoms. The van der Waals surface area contributed by atoms with Crippen molar-refractivity contribution < 1.29 is 31.1 Å². The molecule has 1 aliphatic heterocycles. The highest BCUT2D eigenvalue weighted by atomic mass is 32.2. The van der Waals surface area contributed by atoms with Crippen molar-refractivity contribution in [1.29, 1.82) is 0 Å². The second-order valence-corrected chi connectivity index (χ2v) is 11.1. The van der Waals surface area contributed by atoms with Gasteiger partial charge < -0.3 is 10.4 Å². The third kappa shape index (κ3) is 4.51.